The summed E-state index contributed by atoms with van der Waals surface area (Å²) < 4.78 is 0. The van der Waals surface area contributed by atoms with Crippen LogP contribution in [0.25, 0.3) is 0 Å². The van der Waals surface area contributed by atoms with Gasteiger partial charge in [-0.25, -0.2) is 0 Å². The van der Waals surface area contributed by atoms with Crippen molar-refractivity contribution in [3.63, 3.8) is 0 Å². The van der Waals surface area contributed by atoms with Crippen molar-refractivity contribution in [3.8, 4) is 0 Å². The van der Waals surface area contributed by atoms with E-state index < -0.39 is 0 Å². The Morgan fingerprint density at radius 2 is 1.80 bits per heavy atom. The lowest BCUT2D eigenvalue weighted by atomic mass is 10.1. The molecule has 0 aromatic heterocycles. The fourth-order valence-electron chi connectivity index (χ4n) is 2.02. The fourth-order valence-corrected chi connectivity index (χ4v) is 3.85. The third-order valence-electron chi connectivity index (χ3n) is 2.47. The Labute approximate surface area is 67.2 Å². The molecular formula is C8H15NS. The van der Waals surface area contributed by atoms with Crippen molar-refractivity contribution in [1.82, 2.24) is 4.90 Å². The molecule has 0 spiro atoms. The van der Waals surface area contributed by atoms with Crippen molar-refractivity contribution in [2.75, 3.05) is 20.1 Å². The standard InChI is InChI=1S/C8H15NS/c1-9-5-7-3-2-4-8(6-9)10-7/h7-8H,2-6H2,1H3. The van der Waals surface area contributed by atoms with E-state index >= 15 is 0 Å². The molecule has 58 valence electrons. The van der Waals surface area contributed by atoms with Gasteiger partial charge in [0.25, 0.3) is 0 Å². The average molecular weight is 157 g/mol. The second-order valence-electron chi connectivity index (χ2n) is 3.53. The average Bonchev–Trinajstić information content (AvgIpc) is 1.85. The first-order chi connectivity index (χ1) is 4.84. The molecular weight excluding hydrogens is 142 g/mol. The Bertz CT molecular complexity index is 110. The molecule has 2 aliphatic heterocycles. The predicted octanol–water partition coefficient (Wildman–Crippen LogP) is 1.59. The summed E-state index contributed by atoms with van der Waals surface area (Å²) in [4.78, 5) is 2.49. The number of hydrogen-bond donors (Lipinski definition) is 0. The molecule has 0 amide bonds. The fraction of sp³-hybridized carbons (Fsp3) is 1.00. The minimum Gasteiger partial charge on any atom is -0.304 e. The Balaban J connectivity index is 1.98. The summed E-state index contributed by atoms with van der Waals surface area (Å²) in [7, 11) is 2.26. The minimum absolute atomic E-state index is 0.970. The monoisotopic (exact) mass is 157 g/mol. The van der Waals surface area contributed by atoms with E-state index in [4.69, 9.17) is 0 Å². The van der Waals surface area contributed by atoms with E-state index in [1.54, 1.807) is 0 Å². The SMILES string of the molecule is CN1CC2CCCC(C1)S2. The third kappa shape index (κ3) is 1.32. The second-order valence-corrected chi connectivity index (χ2v) is 5.14. The highest BCUT2D eigenvalue weighted by molar-refractivity contribution is 8.00. The molecule has 2 aliphatic rings. The van der Waals surface area contributed by atoms with Crippen LogP contribution in [0.1, 0.15) is 19.3 Å². The van der Waals surface area contributed by atoms with Crippen LogP contribution in [-0.2, 0) is 0 Å². The van der Waals surface area contributed by atoms with E-state index in [-0.39, 0.29) is 0 Å². The highest BCUT2D eigenvalue weighted by atomic mass is 32.2. The Morgan fingerprint density at radius 1 is 1.20 bits per heavy atom. The summed E-state index contributed by atoms with van der Waals surface area (Å²) in [5.41, 5.74) is 0. The molecule has 2 atom stereocenters. The van der Waals surface area contributed by atoms with E-state index in [0.29, 0.717) is 0 Å². The molecule has 2 unspecified atom stereocenters. The number of likely N-dealkylation sites (tertiary alicyclic amines) is 1. The van der Waals surface area contributed by atoms with Crippen LogP contribution in [0.4, 0.5) is 0 Å². The highest BCUT2D eigenvalue weighted by Crippen LogP contribution is 2.35. The number of rotatable bonds is 0. The van der Waals surface area contributed by atoms with Gasteiger partial charge in [-0.2, -0.15) is 11.8 Å². The molecule has 0 radical (unpaired) electrons. The molecule has 1 nitrogen and oxygen atoms in total. The first-order valence-electron chi connectivity index (χ1n) is 4.18. The van der Waals surface area contributed by atoms with E-state index in [1.807, 2.05) is 0 Å². The van der Waals surface area contributed by atoms with Crippen molar-refractivity contribution < 1.29 is 0 Å². The van der Waals surface area contributed by atoms with Gasteiger partial charge in [0, 0.05) is 23.6 Å². The molecule has 2 heterocycles. The van der Waals surface area contributed by atoms with Gasteiger partial charge in [0.05, 0.1) is 0 Å². The van der Waals surface area contributed by atoms with Crippen LogP contribution < -0.4 is 0 Å². The third-order valence-corrected chi connectivity index (χ3v) is 4.01. The maximum Gasteiger partial charge on any atom is 0.0178 e. The molecule has 10 heavy (non-hydrogen) atoms. The Kier molecular flexibility index (Phi) is 1.92. The summed E-state index contributed by atoms with van der Waals surface area (Å²) in [6.07, 6.45) is 4.41. The maximum atomic E-state index is 2.49. The lowest BCUT2D eigenvalue weighted by molar-refractivity contribution is 0.291. The zero-order valence-electron chi connectivity index (χ0n) is 6.55. The van der Waals surface area contributed by atoms with E-state index in [1.165, 1.54) is 32.4 Å². The summed E-state index contributed by atoms with van der Waals surface area (Å²) >= 11 is 2.24. The van der Waals surface area contributed by atoms with E-state index in [0.717, 1.165) is 10.5 Å². The minimum atomic E-state index is 0.970. The largest absolute Gasteiger partial charge is 0.304 e. The van der Waals surface area contributed by atoms with Crippen LogP contribution in [0.5, 0.6) is 0 Å². The van der Waals surface area contributed by atoms with Gasteiger partial charge in [0.15, 0.2) is 0 Å². The summed E-state index contributed by atoms with van der Waals surface area (Å²) in [6, 6.07) is 0. The molecule has 0 N–H and O–H groups in total. The maximum absolute atomic E-state index is 2.49. The van der Waals surface area contributed by atoms with Crippen molar-refractivity contribution in [3.05, 3.63) is 0 Å². The Hall–Kier alpha value is 0.310. The molecule has 2 saturated heterocycles. The van der Waals surface area contributed by atoms with Gasteiger partial charge in [-0.3, -0.25) is 0 Å². The lowest BCUT2D eigenvalue weighted by Crippen LogP contribution is -2.42. The van der Waals surface area contributed by atoms with Crippen LogP contribution in [0.2, 0.25) is 0 Å². The smallest absolute Gasteiger partial charge is 0.0178 e. The summed E-state index contributed by atoms with van der Waals surface area (Å²) in [5, 5.41) is 1.94. The molecule has 2 bridgehead atoms. The van der Waals surface area contributed by atoms with Gasteiger partial charge in [-0.1, -0.05) is 6.42 Å². The van der Waals surface area contributed by atoms with E-state index in [9.17, 15) is 0 Å². The first-order valence-corrected chi connectivity index (χ1v) is 5.13. The molecule has 2 heteroatoms. The van der Waals surface area contributed by atoms with Gasteiger partial charge < -0.3 is 4.90 Å². The molecule has 0 aromatic carbocycles. The van der Waals surface area contributed by atoms with Gasteiger partial charge in [-0.05, 0) is 19.9 Å². The number of thioether (sulfide) groups is 1. The van der Waals surface area contributed by atoms with Gasteiger partial charge in [-0.15, -0.1) is 0 Å². The van der Waals surface area contributed by atoms with Crippen LogP contribution in [0.15, 0.2) is 0 Å². The predicted molar refractivity (Wildman–Crippen MR) is 46.5 cm³/mol. The Morgan fingerprint density at radius 3 is 2.40 bits per heavy atom. The topological polar surface area (TPSA) is 3.24 Å². The molecule has 0 aliphatic carbocycles. The summed E-state index contributed by atoms with van der Waals surface area (Å²) in [6.45, 7) is 2.67. The quantitative estimate of drug-likeness (QED) is 0.525. The van der Waals surface area contributed by atoms with Crippen molar-refractivity contribution in [2.45, 2.75) is 29.8 Å². The van der Waals surface area contributed by atoms with Crippen LogP contribution in [0.3, 0.4) is 0 Å². The number of nitrogens with zero attached hydrogens (tertiary/aromatic N) is 1. The zero-order valence-corrected chi connectivity index (χ0v) is 7.36. The molecule has 2 rings (SSSR count). The summed E-state index contributed by atoms with van der Waals surface area (Å²) in [5.74, 6) is 0. The van der Waals surface area contributed by atoms with Crippen molar-refractivity contribution >= 4 is 11.8 Å². The van der Waals surface area contributed by atoms with Crippen molar-refractivity contribution in [1.29, 1.82) is 0 Å². The number of hydrogen-bond acceptors (Lipinski definition) is 2. The normalized spacial score (nSPS) is 41.7. The lowest BCUT2D eigenvalue weighted by Gasteiger charge is -2.39. The van der Waals surface area contributed by atoms with Crippen LogP contribution >= 0.6 is 11.8 Å². The number of fused-ring (bicyclic) bond motifs is 2. The van der Waals surface area contributed by atoms with Gasteiger partial charge in [0.2, 0.25) is 0 Å². The molecule has 2 fully saturated rings. The molecule has 0 saturated carbocycles. The van der Waals surface area contributed by atoms with Crippen LogP contribution in [-0.4, -0.2) is 35.5 Å². The second kappa shape index (κ2) is 2.74. The zero-order chi connectivity index (χ0) is 6.97. The highest BCUT2D eigenvalue weighted by Gasteiger charge is 2.28. The van der Waals surface area contributed by atoms with Gasteiger partial charge in [0.1, 0.15) is 0 Å². The van der Waals surface area contributed by atoms with Gasteiger partial charge >= 0.3 is 0 Å². The van der Waals surface area contributed by atoms with E-state index in [2.05, 4.69) is 23.7 Å². The first kappa shape index (κ1) is 6.99. The molecule has 0 aromatic rings. The van der Waals surface area contributed by atoms with Crippen molar-refractivity contribution in [2.24, 2.45) is 0 Å². The van der Waals surface area contributed by atoms with Crippen LogP contribution in [0, 0.1) is 0 Å².